The molecule has 5 heteroatoms. The summed E-state index contributed by atoms with van der Waals surface area (Å²) in [4.78, 5) is 17.7. The number of hydrogen-bond donors (Lipinski definition) is 1. The normalized spacial score (nSPS) is 17.8. The maximum Gasteiger partial charge on any atom is 0.257 e. The van der Waals surface area contributed by atoms with E-state index in [9.17, 15) is 9.90 Å². The van der Waals surface area contributed by atoms with E-state index in [0.717, 1.165) is 5.69 Å². The lowest BCUT2D eigenvalue weighted by atomic mass is 9.91. The number of nitrogens with zero attached hydrogens (tertiary/aromatic N) is 2. The van der Waals surface area contributed by atoms with Crippen LogP contribution in [-0.4, -0.2) is 39.6 Å². The van der Waals surface area contributed by atoms with Crippen LogP contribution in [0.5, 0.6) is 0 Å². The summed E-state index contributed by atoms with van der Waals surface area (Å²) < 4.78 is 0. The molecular formula is C12H15ClN2O2. The first-order valence-electron chi connectivity index (χ1n) is 5.59. The largest absolute Gasteiger partial charge is 0.386 e. The molecule has 0 unspecified atom stereocenters. The Morgan fingerprint density at radius 2 is 2.29 bits per heavy atom. The molecule has 0 atom stereocenters. The van der Waals surface area contributed by atoms with Gasteiger partial charge in [0.05, 0.1) is 29.3 Å². The molecule has 2 rings (SSSR count). The van der Waals surface area contributed by atoms with Crippen LogP contribution in [0.4, 0.5) is 0 Å². The van der Waals surface area contributed by atoms with Gasteiger partial charge in [0, 0.05) is 11.9 Å². The van der Waals surface area contributed by atoms with Gasteiger partial charge < -0.3 is 10.0 Å². The van der Waals surface area contributed by atoms with Crippen molar-refractivity contribution in [3.8, 4) is 0 Å². The van der Waals surface area contributed by atoms with Crippen LogP contribution in [0.2, 0.25) is 5.02 Å². The van der Waals surface area contributed by atoms with Crippen LogP contribution in [0.3, 0.4) is 0 Å². The van der Waals surface area contributed by atoms with Crippen molar-refractivity contribution in [3.63, 3.8) is 0 Å². The fourth-order valence-electron chi connectivity index (χ4n) is 1.89. The van der Waals surface area contributed by atoms with Crippen molar-refractivity contribution in [3.05, 3.63) is 28.5 Å². The van der Waals surface area contributed by atoms with Crippen molar-refractivity contribution in [1.29, 1.82) is 0 Å². The summed E-state index contributed by atoms with van der Waals surface area (Å²) in [6.07, 6.45) is 2.14. The van der Waals surface area contributed by atoms with Gasteiger partial charge in [-0.3, -0.25) is 9.78 Å². The molecule has 1 aliphatic heterocycles. The summed E-state index contributed by atoms with van der Waals surface area (Å²) in [5, 5.41) is 10.3. The fourth-order valence-corrected chi connectivity index (χ4v) is 2.17. The number of likely N-dealkylation sites (tertiary alicyclic amines) is 1. The highest BCUT2D eigenvalue weighted by atomic mass is 35.5. The van der Waals surface area contributed by atoms with Gasteiger partial charge in [-0.05, 0) is 19.4 Å². The van der Waals surface area contributed by atoms with E-state index in [1.54, 1.807) is 11.0 Å². The molecule has 1 aliphatic rings. The zero-order chi connectivity index (χ0) is 12.6. The van der Waals surface area contributed by atoms with Crippen molar-refractivity contribution in [2.24, 2.45) is 0 Å². The van der Waals surface area contributed by atoms with Crippen molar-refractivity contribution in [2.75, 3.05) is 13.1 Å². The summed E-state index contributed by atoms with van der Waals surface area (Å²) in [7, 11) is 0. The maximum absolute atomic E-state index is 12.1. The zero-order valence-corrected chi connectivity index (χ0v) is 10.7. The Morgan fingerprint density at radius 3 is 2.82 bits per heavy atom. The van der Waals surface area contributed by atoms with Gasteiger partial charge in [-0.1, -0.05) is 18.5 Å². The Bertz CT molecular complexity index is 456. The van der Waals surface area contributed by atoms with E-state index < -0.39 is 5.60 Å². The lowest BCUT2D eigenvalue weighted by Crippen LogP contribution is -2.63. The molecule has 0 aromatic carbocycles. The number of amides is 1. The molecule has 4 nitrogen and oxygen atoms in total. The number of β-amino-alcohol motifs (C(OH)–C–C–N with tert-alkyl or cyclic N) is 1. The highest BCUT2D eigenvalue weighted by Crippen LogP contribution is 2.27. The molecule has 1 saturated heterocycles. The molecule has 1 N–H and O–H groups in total. The molecule has 0 spiro atoms. The van der Waals surface area contributed by atoms with Gasteiger partial charge in [0.25, 0.3) is 5.91 Å². The fraction of sp³-hybridized carbons (Fsp3) is 0.500. The lowest BCUT2D eigenvalue weighted by molar-refractivity contribution is -0.0826. The molecule has 0 bridgehead atoms. The Hall–Kier alpha value is -1.13. The number of aromatic nitrogens is 1. The Morgan fingerprint density at radius 1 is 1.65 bits per heavy atom. The van der Waals surface area contributed by atoms with Crippen LogP contribution >= 0.6 is 11.6 Å². The standard InChI is InChI=1S/C12H15ClN2O2/c1-3-12(17)6-15(7-12)11(16)9-5-14-8(2)4-10(9)13/h4-5,17H,3,6-7H2,1-2H3. The molecule has 0 aliphatic carbocycles. The van der Waals surface area contributed by atoms with Gasteiger partial charge in [-0.2, -0.15) is 0 Å². The van der Waals surface area contributed by atoms with E-state index in [1.165, 1.54) is 6.20 Å². The minimum Gasteiger partial charge on any atom is -0.386 e. The van der Waals surface area contributed by atoms with Gasteiger partial charge in [-0.15, -0.1) is 0 Å². The summed E-state index contributed by atoms with van der Waals surface area (Å²) in [6, 6.07) is 1.67. The molecule has 0 radical (unpaired) electrons. The van der Waals surface area contributed by atoms with E-state index in [1.807, 2.05) is 13.8 Å². The van der Waals surface area contributed by atoms with E-state index >= 15 is 0 Å². The Labute approximate surface area is 105 Å². The second-order valence-electron chi connectivity index (χ2n) is 4.54. The Kier molecular flexibility index (Phi) is 3.10. The predicted octanol–water partition coefficient (Wildman–Crippen LogP) is 1.64. The average molecular weight is 255 g/mol. The van der Waals surface area contributed by atoms with Crippen LogP contribution in [0, 0.1) is 6.92 Å². The second-order valence-corrected chi connectivity index (χ2v) is 4.95. The second kappa shape index (κ2) is 4.27. The number of carbonyl (C=O) groups excluding carboxylic acids is 1. The first-order valence-corrected chi connectivity index (χ1v) is 5.97. The van der Waals surface area contributed by atoms with E-state index in [2.05, 4.69) is 4.98 Å². The molecule has 17 heavy (non-hydrogen) atoms. The minimum atomic E-state index is -0.722. The molecule has 2 heterocycles. The van der Waals surface area contributed by atoms with Crippen LogP contribution in [0.15, 0.2) is 12.3 Å². The number of rotatable bonds is 2. The number of halogens is 1. The highest BCUT2D eigenvalue weighted by Gasteiger charge is 2.42. The van der Waals surface area contributed by atoms with Crippen LogP contribution in [0.1, 0.15) is 29.4 Å². The van der Waals surface area contributed by atoms with Gasteiger partial charge in [0.15, 0.2) is 0 Å². The van der Waals surface area contributed by atoms with Gasteiger partial charge in [0.1, 0.15) is 0 Å². The predicted molar refractivity (Wildman–Crippen MR) is 65.1 cm³/mol. The maximum atomic E-state index is 12.1. The minimum absolute atomic E-state index is 0.166. The molecule has 1 aromatic rings. The summed E-state index contributed by atoms with van der Waals surface area (Å²) in [6.45, 7) is 4.46. The quantitative estimate of drug-likeness (QED) is 0.873. The topological polar surface area (TPSA) is 53.4 Å². The Balaban J connectivity index is 2.12. The SMILES string of the molecule is CCC1(O)CN(C(=O)c2cnc(C)cc2Cl)C1. The van der Waals surface area contributed by atoms with Crippen molar-refractivity contribution >= 4 is 17.5 Å². The molecular weight excluding hydrogens is 240 g/mol. The summed E-state index contributed by atoms with van der Waals surface area (Å²) in [5.41, 5.74) is 0.455. The first-order chi connectivity index (χ1) is 7.95. The summed E-state index contributed by atoms with van der Waals surface area (Å²) in [5.74, 6) is -0.166. The number of carbonyl (C=O) groups is 1. The average Bonchev–Trinajstić information content (AvgIpc) is 2.24. The van der Waals surface area contributed by atoms with Gasteiger partial charge in [0.2, 0.25) is 0 Å². The third kappa shape index (κ3) is 2.28. The van der Waals surface area contributed by atoms with Crippen LogP contribution < -0.4 is 0 Å². The molecule has 92 valence electrons. The third-order valence-electron chi connectivity index (χ3n) is 3.14. The van der Waals surface area contributed by atoms with Crippen LogP contribution in [-0.2, 0) is 0 Å². The van der Waals surface area contributed by atoms with E-state index in [-0.39, 0.29) is 5.91 Å². The molecule has 0 saturated carbocycles. The van der Waals surface area contributed by atoms with Crippen molar-refractivity contribution in [1.82, 2.24) is 9.88 Å². The van der Waals surface area contributed by atoms with Gasteiger partial charge in [-0.25, -0.2) is 0 Å². The smallest absolute Gasteiger partial charge is 0.257 e. The van der Waals surface area contributed by atoms with Crippen molar-refractivity contribution < 1.29 is 9.90 Å². The first kappa shape index (κ1) is 12.3. The van der Waals surface area contributed by atoms with Crippen molar-refractivity contribution in [2.45, 2.75) is 25.9 Å². The number of pyridine rings is 1. The number of aliphatic hydroxyl groups is 1. The molecule has 1 fully saturated rings. The summed E-state index contributed by atoms with van der Waals surface area (Å²) >= 11 is 6.00. The third-order valence-corrected chi connectivity index (χ3v) is 3.45. The monoisotopic (exact) mass is 254 g/mol. The van der Waals surface area contributed by atoms with Crippen LogP contribution in [0.25, 0.3) is 0 Å². The number of aryl methyl sites for hydroxylation is 1. The highest BCUT2D eigenvalue weighted by molar-refractivity contribution is 6.33. The molecule has 1 amide bonds. The zero-order valence-electron chi connectivity index (χ0n) is 9.90. The van der Waals surface area contributed by atoms with Gasteiger partial charge >= 0.3 is 0 Å². The molecule has 1 aromatic heterocycles. The number of hydrogen-bond acceptors (Lipinski definition) is 3. The lowest BCUT2D eigenvalue weighted by Gasteiger charge is -2.46. The van der Waals surface area contributed by atoms with E-state index in [0.29, 0.717) is 30.1 Å². The van der Waals surface area contributed by atoms with E-state index in [4.69, 9.17) is 11.6 Å².